The fraction of sp³-hybridized carbons (Fsp3) is 0.462. The molecule has 1 saturated heterocycles. The molecule has 0 aliphatic carbocycles. The van der Waals surface area contributed by atoms with Crippen LogP contribution in [-0.2, 0) is 0 Å². The molecular formula is C13H17N3O. The van der Waals surface area contributed by atoms with Crippen molar-refractivity contribution in [3.05, 3.63) is 29.8 Å². The fourth-order valence-corrected chi connectivity index (χ4v) is 2.28. The minimum absolute atomic E-state index is 0.137. The molecule has 0 bridgehead atoms. The normalized spacial score (nSPS) is 23.7. The molecule has 0 amide bonds. The summed E-state index contributed by atoms with van der Waals surface area (Å²) < 4.78 is 0. The van der Waals surface area contributed by atoms with Crippen molar-refractivity contribution < 1.29 is 5.11 Å². The van der Waals surface area contributed by atoms with Crippen molar-refractivity contribution in [3.63, 3.8) is 0 Å². The Labute approximate surface area is 101 Å². The number of likely N-dealkylation sites (N-methyl/N-ethyl adjacent to an activating group) is 1. The molecule has 1 aromatic rings. The zero-order valence-corrected chi connectivity index (χ0v) is 9.98. The Morgan fingerprint density at radius 2 is 2.41 bits per heavy atom. The lowest BCUT2D eigenvalue weighted by molar-refractivity contribution is 0.184. The molecule has 1 aromatic carbocycles. The molecule has 2 rings (SSSR count). The first-order chi connectivity index (χ1) is 8.23. The van der Waals surface area contributed by atoms with Crippen molar-refractivity contribution in [2.75, 3.05) is 31.6 Å². The van der Waals surface area contributed by atoms with E-state index in [4.69, 9.17) is 5.26 Å². The van der Waals surface area contributed by atoms with Crippen LogP contribution < -0.4 is 10.2 Å². The van der Waals surface area contributed by atoms with Crippen LogP contribution in [0.1, 0.15) is 12.0 Å². The van der Waals surface area contributed by atoms with Gasteiger partial charge in [-0.05, 0) is 31.7 Å². The molecule has 90 valence electrons. The average Bonchev–Trinajstić information content (AvgIpc) is 2.84. The van der Waals surface area contributed by atoms with Crippen molar-refractivity contribution in [1.29, 1.82) is 5.26 Å². The quantitative estimate of drug-likeness (QED) is 0.804. The number of aliphatic hydroxyl groups excluding tert-OH is 1. The van der Waals surface area contributed by atoms with Gasteiger partial charge in [-0.25, -0.2) is 0 Å². The second-order valence-electron chi connectivity index (χ2n) is 4.52. The molecule has 4 nitrogen and oxygen atoms in total. The van der Waals surface area contributed by atoms with Gasteiger partial charge in [0.15, 0.2) is 0 Å². The smallest absolute Gasteiger partial charge is 0.0992 e. The highest BCUT2D eigenvalue weighted by Gasteiger charge is 2.36. The molecule has 0 spiro atoms. The molecule has 1 atom stereocenters. The summed E-state index contributed by atoms with van der Waals surface area (Å²) in [4.78, 5) is 2.20. The summed E-state index contributed by atoms with van der Waals surface area (Å²) in [5.74, 6) is 0. The number of hydrogen-bond acceptors (Lipinski definition) is 4. The maximum absolute atomic E-state index is 9.44. The standard InChI is InChI=1S/C13H17N3O/c1-15-13(10-17)5-6-16(9-13)12-4-2-3-11(7-12)8-14/h2-4,7,15,17H,5-6,9-10H2,1H3. The van der Waals surface area contributed by atoms with Crippen LogP contribution in [0.2, 0.25) is 0 Å². The molecule has 1 heterocycles. The topological polar surface area (TPSA) is 59.3 Å². The van der Waals surface area contributed by atoms with Gasteiger partial charge in [0, 0.05) is 18.8 Å². The Morgan fingerprint density at radius 1 is 1.59 bits per heavy atom. The number of nitriles is 1. The van der Waals surface area contributed by atoms with Crippen LogP contribution in [0.3, 0.4) is 0 Å². The molecule has 2 N–H and O–H groups in total. The molecule has 1 fully saturated rings. The summed E-state index contributed by atoms with van der Waals surface area (Å²) in [5.41, 5.74) is 1.52. The van der Waals surface area contributed by atoms with Crippen LogP contribution in [-0.4, -0.2) is 37.4 Å². The van der Waals surface area contributed by atoms with E-state index in [1.807, 2.05) is 25.2 Å². The highest BCUT2D eigenvalue weighted by Crippen LogP contribution is 2.26. The molecule has 1 aliphatic rings. The van der Waals surface area contributed by atoms with Gasteiger partial charge in [0.2, 0.25) is 0 Å². The summed E-state index contributed by atoms with van der Waals surface area (Å²) >= 11 is 0. The maximum atomic E-state index is 9.44. The van der Waals surface area contributed by atoms with Gasteiger partial charge in [-0.1, -0.05) is 6.07 Å². The van der Waals surface area contributed by atoms with E-state index < -0.39 is 0 Å². The van der Waals surface area contributed by atoms with Crippen LogP contribution in [0.4, 0.5) is 5.69 Å². The number of benzene rings is 1. The summed E-state index contributed by atoms with van der Waals surface area (Å²) in [5, 5.41) is 21.5. The van der Waals surface area contributed by atoms with Gasteiger partial charge in [0.05, 0.1) is 23.8 Å². The molecule has 1 aliphatic heterocycles. The minimum Gasteiger partial charge on any atom is -0.394 e. The van der Waals surface area contributed by atoms with Gasteiger partial charge in [0.1, 0.15) is 0 Å². The summed E-state index contributed by atoms with van der Waals surface area (Å²) in [6.45, 7) is 1.81. The Balaban J connectivity index is 2.18. The number of aliphatic hydroxyl groups is 1. The van der Waals surface area contributed by atoms with Crippen LogP contribution in [0.5, 0.6) is 0 Å². The van der Waals surface area contributed by atoms with Crippen LogP contribution in [0.15, 0.2) is 24.3 Å². The van der Waals surface area contributed by atoms with Crippen LogP contribution in [0.25, 0.3) is 0 Å². The largest absolute Gasteiger partial charge is 0.394 e. The highest BCUT2D eigenvalue weighted by atomic mass is 16.3. The summed E-state index contributed by atoms with van der Waals surface area (Å²) in [6, 6.07) is 9.74. The molecule has 0 aromatic heterocycles. The predicted molar refractivity (Wildman–Crippen MR) is 66.9 cm³/mol. The van der Waals surface area contributed by atoms with E-state index in [-0.39, 0.29) is 12.1 Å². The van der Waals surface area contributed by atoms with Crippen molar-refractivity contribution in [2.45, 2.75) is 12.0 Å². The van der Waals surface area contributed by atoms with Crippen LogP contribution >= 0.6 is 0 Å². The highest BCUT2D eigenvalue weighted by molar-refractivity contribution is 5.52. The molecule has 0 saturated carbocycles. The first-order valence-corrected chi connectivity index (χ1v) is 5.78. The Bertz CT molecular complexity index is 435. The first kappa shape index (κ1) is 11.9. The lowest BCUT2D eigenvalue weighted by Crippen LogP contribution is -2.48. The minimum atomic E-state index is -0.206. The second kappa shape index (κ2) is 4.74. The van der Waals surface area contributed by atoms with Crippen molar-refractivity contribution in [1.82, 2.24) is 5.32 Å². The molecular weight excluding hydrogens is 214 g/mol. The van der Waals surface area contributed by atoms with Crippen molar-refractivity contribution >= 4 is 5.69 Å². The third-order valence-corrected chi connectivity index (χ3v) is 3.53. The SMILES string of the molecule is CNC1(CO)CCN(c2cccc(C#N)c2)C1. The van der Waals surface area contributed by atoms with Gasteiger partial charge in [0.25, 0.3) is 0 Å². The van der Waals surface area contributed by atoms with Gasteiger partial charge in [-0.15, -0.1) is 0 Å². The number of nitrogens with zero attached hydrogens (tertiary/aromatic N) is 2. The predicted octanol–water partition coefficient (Wildman–Crippen LogP) is 0.719. The molecule has 17 heavy (non-hydrogen) atoms. The maximum Gasteiger partial charge on any atom is 0.0992 e. The second-order valence-corrected chi connectivity index (χ2v) is 4.52. The summed E-state index contributed by atoms with van der Waals surface area (Å²) in [6.07, 6.45) is 0.913. The third kappa shape index (κ3) is 2.26. The summed E-state index contributed by atoms with van der Waals surface area (Å²) in [7, 11) is 1.88. The van der Waals surface area contributed by atoms with E-state index in [1.54, 1.807) is 6.07 Å². The van der Waals surface area contributed by atoms with E-state index in [1.165, 1.54) is 0 Å². The van der Waals surface area contributed by atoms with E-state index in [0.717, 1.165) is 25.2 Å². The van der Waals surface area contributed by atoms with E-state index in [9.17, 15) is 5.11 Å². The van der Waals surface area contributed by atoms with Gasteiger partial charge in [-0.3, -0.25) is 0 Å². The molecule has 0 radical (unpaired) electrons. The zero-order chi connectivity index (χ0) is 12.3. The number of hydrogen-bond donors (Lipinski definition) is 2. The van der Waals surface area contributed by atoms with Gasteiger partial charge < -0.3 is 15.3 Å². The lowest BCUT2D eigenvalue weighted by Gasteiger charge is -2.27. The van der Waals surface area contributed by atoms with Gasteiger partial charge in [-0.2, -0.15) is 5.26 Å². The number of rotatable bonds is 3. The number of anilines is 1. The van der Waals surface area contributed by atoms with Crippen LogP contribution in [0, 0.1) is 11.3 Å². The van der Waals surface area contributed by atoms with Crippen molar-refractivity contribution in [2.24, 2.45) is 0 Å². The Morgan fingerprint density at radius 3 is 3.00 bits per heavy atom. The van der Waals surface area contributed by atoms with Crippen molar-refractivity contribution in [3.8, 4) is 6.07 Å². The molecule has 4 heteroatoms. The first-order valence-electron chi connectivity index (χ1n) is 5.78. The third-order valence-electron chi connectivity index (χ3n) is 3.53. The van der Waals surface area contributed by atoms with E-state index >= 15 is 0 Å². The Hall–Kier alpha value is -1.57. The lowest BCUT2D eigenvalue weighted by atomic mass is 10.0. The van der Waals surface area contributed by atoms with E-state index in [2.05, 4.69) is 16.3 Å². The average molecular weight is 231 g/mol. The monoisotopic (exact) mass is 231 g/mol. The van der Waals surface area contributed by atoms with E-state index in [0.29, 0.717) is 5.56 Å². The number of nitrogens with one attached hydrogen (secondary N) is 1. The fourth-order valence-electron chi connectivity index (χ4n) is 2.28. The zero-order valence-electron chi connectivity index (χ0n) is 9.98. The Kier molecular flexibility index (Phi) is 3.32. The van der Waals surface area contributed by atoms with Gasteiger partial charge >= 0.3 is 0 Å². The molecule has 1 unspecified atom stereocenters.